The van der Waals surface area contributed by atoms with Gasteiger partial charge in [0.15, 0.2) is 0 Å². The Morgan fingerprint density at radius 3 is 1.61 bits per heavy atom. The predicted molar refractivity (Wildman–Crippen MR) is 102 cm³/mol. The van der Waals surface area contributed by atoms with Gasteiger partial charge < -0.3 is 12.4 Å². The molecule has 1 aromatic rings. The lowest BCUT2D eigenvalue weighted by atomic mass is 10.1. The first-order valence-electron chi connectivity index (χ1n) is 9.46. The van der Waals surface area contributed by atoms with E-state index in [-0.39, 0.29) is 12.4 Å². The Morgan fingerprint density at radius 1 is 0.696 bits per heavy atom. The third-order valence-electron chi connectivity index (χ3n) is 4.80. The largest absolute Gasteiger partial charge is 1.00 e. The number of halogens is 1. The smallest absolute Gasteiger partial charge is 0.132 e. The third kappa shape index (κ3) is 10.0. The van der Waals surface area contributed by atoms with Crippen LogP contribution in [0, 0.1) is 6.92 Å². The summed E-state index contributed by atoms with van der Waals surface area (Å²) in [5, 5.41) is 0. The van der Waals surface area contributed by atoms with Crippen LogP contribution in [0.25, 0.3) is 0 Å². The number of rotatable bonds is 12. The number of hydrogen-bond acceptors (Lipinski definition) is 0. The summed E-state index contributed by atoms with van der Waals surface area (Å²) in [6.45, 7) is 5.70. The minimum Gasteiger partial charge on any atom is -1.00 e. The van der Waals surface area contributed by atoms with Gasteiger partial charge in [-0.25, -0.2) is 0 Å². The van der Waals surface area contributed by atoms with Crippen LogP contribution in [0.15, 0.2) is 24.3 Å². The van der Waals surface area contributed by atoms with E-state index in [4.69, 9.17) is 0 Å². The molecule has 0 heterocycles. The maximum atomic E-state index is 2.33. The van der Waals surface area contributed by atoms with Gasteiger partial charge in [-0.15, -0.1) is 0 Å². The standard InChI is InChI=1S/C21H38N.ClH/c1-5-6-7-8-9-10-11-12-13-14-19-22(3,4)21-17-15-20(2)16-18-21;/h15-18H,5-14,19H2,1-4H3;1H/q+1;/p-1. The summed E-state index contributed by atoms with van der Waals surface area (Å²) in [5.74, 6) is 0. The predicted octanol–water partition coefficient (Wildman–Crippen LogP) is 3.49. The molecule has 0 radical (unpaired) electrons. The molecule has 0 fully saturated rings. The van der Waals surface area contributed by atoms with Gasteiger partial charge >= 0.3 is 0 Å². The summed E-state index contributed by atoms with van der Waals surface area (Å²) in [6.07, 6.45) is 14.2. The van der Waals surface area contributed by atoms with Crippen molar-refractivity contribution < 1.29 is 12.4 Å². The van der Waals surface area contributed by atoms with Crippen molar-refractivity contribution in [2.45, 2.75) is 78.1 Å². The lowest BCUT2D eigenvalue weighted by molar-refractivity contribution is -0.00000502. The van der Waals surface area contributed by atoms with Gasteiger partial charge in [-0.2, -0.15) is 0 Å². The minimum atomic E-state index is 0. The zero-order valence-corrected chi connectivity index (χ0v) is 16.7. The van der Waals surface area contributed by atoms with E-state index in [0.717, 1.165) is 4.48 Å². The van der Waals surface area contributed by atoms with E-state index in [9.17, 15) is 0 Å². The van der Waals surface area contributed by atoms with Gasteiger partial charge in [-0.05, 0) is 31.9 Å². The van der Waals surface area contributed by atoms with E-state index in [2.05, 4.69) is 52.2 Å². The fraction of sp³-hybridized carbons (Fsp3) is 0.714. The Bertz CT molecular complexity index is 383. The van der Waals surface area contributed by atoms with E-state index in [1.165, 1.54) is 82.0 Å². The highest BCUT2D eigenvalue weighted by Gasteiger charge is 2.17. The quantitative estimate of drug-likeness (QED) is 0.404. The molecule has 2 heteroatoms. The lowest BCUT2D eigenvalue weighted by Gasteiger charge is -2.29. The number of nitrogens with zero attached hydrogens (tertiary/aromatic N) is 1. The van der Waals surface area contributed by atoms with Crippen molar-refractivity contribution in [1.82, 2.24) is 4.48 Å². The van der Waals surface area contributed by atoms with Crippen molar-refractivity contribution >= 4 is 5.69 Å². The Kier molecular flexibility index (Phi) is 12.5. The maximum absolute atomic E-state index is 2.33. The van der Waals surface area contributed by atoms with Crippen molar-refractivity contribution in [3.63, 3.8) is 0 Å². The van der Waals surface area contributed by atoms with Gasteiger partial charge in [0.2, 0.25) is 0 Å². The normalized spacial score (nSPS) is 11.3. The molecule has 0 aliphatic rings. The summed E-state index contributed by atoms with van der Waals surface area (Å²) in [4.78, 5) is 0. The molecule has 0 N–H and O–H groups in total. The fourth-order valence-corrected chi connectivity index (χ4v) is 3.07. The molecule has 0 amide bonds. The maximum Gasteiger partial charge on any atom is 0.132 e. The van der Waals surface area contributed by atoms with Gasteiger partial charge in [0.05, 0.1) is 20.6 Å². The van der Waals surface area contributed by atoms with E-state index in [1.807, 2.05) is 0 Å². The van der Waals surface area contributed by atoms with Crippen LogP contribution in [0.1, 0.15) is 76.7 Å². The van der Waals surface area contributed by atoms with Gasteiger partial charge in [0.25, 0.3) is 0 Å². The first-order chi connectivity index (χ1) is 10.6. The van der Waals surface area contributed by atoms with Crippen molar-refractivity contribution in [3.8, 4) is 0 Å². The monoisotopic (exact) mass is 339 g/mol. The molecule has 1 aromatic carbocycles. The number of quaternary nitrogens is 1. The van der Waals surface area contributed by atoms with Gasteiger partial charge in [0, 0.05) is 0 Å². The fourth-order valence-electron chi connectivity index (χ4n) is 3.07. The van der Waals surface area contributed by atoms with Gasteiger partial charge in [0.1, 0.15) is 5.69 Å². The molecular formula is C21H38ClN. The molecule has 0 aliphatic heterocycles. The highest BCUT2D eigenvalue weighted by molar-refractivity contribution is 5.42. The molecule has 1 nitrogen and oxygen atoms in total. The Hall–Kier alpha value is -0.530. The van der Waals surface area contributed by atoms with E-state index >= 15 is 0 Å². The summed E-state index contributed by atoms with van der Waals surface area (Å²) < 4.78 is 1.01. The van der Waals surface area contributed by atoms with Crippen LogP contribution < -0.4 is 16.9 Å². The molecule has 0 atom stereocenters. The van der Waals surface area contributed by atoms with Crippen molar-refractivity contribution in [2.75, 3.05) is 20.6 Å². The van der Waals surface area contributed by atoms with Crippen LogP contribution in [-0.2, 0) is 0 Å². The molecule has 134 valence electrons. The summed E-state index contributed by atoms with van der Waals surface area (Å²) in [5.41, 5.74) is 2.78. The second-order valence-electron chi connectivity index (χ2n) is 7.43. The first kappa shape index (κ1) is 22.5. The molecule has 0 spiro atoms. The number of unbranched alkanes of at least 4 members (excludes halogenated alkanes) is 9. The minimum absolute atomic E-state index is 0. The SMILES string of the molecule is CCCCCCCCCCCC[N+](C)(C)c1ccc(C)cc1.[Cl-]. The van der Waals surface area contributed by atoms with Gasteiger partial charge in [-0.3, -0.25) is 4.48 Å². The first-order valence-corrected chi connectivity index (χ1v) is 9.46. The van der Waals surface area contributed by atoms with Crippen molar-refractivity contribution in [1.29, 1.82) is 0 Å². The topological polar surface area (TPSA) is 0 Å². The summed E-state index contributed by atoms with van der Waals surface area (Å²) >= 11 is 0. The molecule has 1 rings (SSSR count). The Morgan fingerprint density at radius 2 is 1.13 bits per heavy atom. The van der Waals surface area contributed by atoms with Crippen molar-refractivity contribution in [2.24, 2.45) is 0 Å². The number of hydrogen-bond donors (Lipinski definition) is 0. The summed E-state index contributed by atoms with van der Waals surface area (Å²) in [7, 11) is 4.66. The second-order valence-corrected chi connectivity index (χ2v) is 7.43. The molecule has 0 bridgehead atoms. The van der Waals surface area contributed by atoms with Crippen LogP contribution >= 0.6 is 0 Å². The second kappa shape index (κ2) is 12.8. The van der Waals surface area contributed by atoms with Gasteiger partial charge in [-0.1, -0.05) is 76.0 Å². The summed E-state index contributed by atoms with van der Waals surface area (Å²) in [6, 6.07) is 9.03. The lowest BCUT2D eigenvalue weighted by Crippen LogP contribution is -3.00. The van der Waals surface area contributed by atoms with E-state index < -0.39 is 0 Å². The number of benzene rings is 1. The highest BCUT2D eigenvalue weighted by atomic mass is 35.5. The van der Waals surface area contributed by atoms with E-state index in [1.54, 1.807) is 0 Å². The van der Waals surface area contributed by atoms with E-state index in [0.29, 0.717) is 0 Å². The average molecular weight is 340 g/mol. The van der Waals surface area contributed by atoms with Crippen LogP contribution in [0.2, 0.25) is 0 Å². The average Bonchev–Trinajstić information content (AvgIpc) is 2.49. The molecule has 0 aliphatic carbocycles. The Balaban J connectivity index is 0.00000484. The van der Waals surface area contributed by atoms with Crippen LogP contribution in [0.5, 0.6) is 0 Å². The van der Waals surface area contributed by atoms with Crippen LogP contribution in [0.3, 0.4) is 0 Å². The Labute approximate surface area is 151 Å². The molecular weight excluding hydrogens is 302 g/mol. The number of aryl methyl sites for hydroxylation is 1. The molecule has 0 unspecified atom stereocenters. The zero-order chi connectivity index (χ0) is 16.3. The molecule has 23 heavy (non-hydrogen) atoms. The molecule has 0 saturated carbocycles. The highest BCUT2D eigenvalue weighted by Crippen LogP contribution is 2.20. The van der Waals surface area contributed by atoms with Crippen molar-refractivity contribution in [3.05, 3.63) is 29.8 Å². The van der Waals surface area contributed by atoms with Crippen LogP contribution in [0.4, 0.5) is 5.69 Å². The zero-order valence-electron chi connectivity index (χ0n) is 15.9. The third-order valence-corrected chi connectivity index (χ3v) is 4.80. The molecule has 0 saturated heterocycles. The van der Waals surface area contributed by atoms with Crippen LogP contribution in [-0.4, -0.2) is 20.6 Å². The molecule has 0 aromatic heterocycles.